The third kappa shape index (κ3) is 5.50. The van der Waals surface area contributed by atoms with Crippen LogP contribution in [0.2, 0.25) is 0 Å². The Morgan fingerprint density at radius 1 is 1.14 bits per heavy atom. The lowest BCUT2D eigenvalue weighted by molar-refractivity contribution is -0.276. The Balaban J connectivity index is 1.81. The number of pyridine rings is 1. The van der Waals surface area contributed by atoms with Crippen LogP contribution in [-0.4, -0.2) is 11.3 Å². The number of unbranched alkanes of at least 4 members (excludes halogenated alkanes) is 2. The van der Waals surface area contributed by atoms with Crippen LogP contribution < -0.4 is 4.74 Å². The summed E-state index contributed by atoms with van der Waals surface area (Å²) in [7, 11) is 0. The second kappa shape index (κ2) is 7.84. The molecule has 0 aliphatic heterocycles. The van der Waals surface area contributed by atoms with Crippen molar-refractivity contribution in [3.63, 3.8) is 0 Å². The number of rotatable bonds is 6. The number of aromatic nitrogens is 1. The highest BCUT2D eigenvalue weighted by molar-refractivity contribution is 5.21. The average Bonchev–Trinajstić information content (AvgIpc) is 2.48. The highest BCUT2D eigenvalue weighted by Crippen LogP contribution is 2.37. The first-order valence-corrected chi connectivity index (χ1v) is 8.19. The fourth-order valence-electron chi connectivity index (χ4n) is 3.28. The maximum atomic E-state index is 12.1. The molecule has 2 rings (SSSR count). The van der Waals surface area contributed by atoms with Gasteiger partial charge in [-0.15, -0.1) is 13.2 Å². The van der Waals surface area contributed by atoms with E-state index < -0.39 is 6.36 Å². The first-order valence-electron chi connectivity index (χ1n) is 8.19. The van der Waals surface area contributed by atoms with Crippen LogP contribution in [0.15, 0.2) is 18.3 Å². The molecule has 1 aromatic heterocycles. The van der Waals surface area contributed by atoms with E-state index >= 15 is 0 Å². The Bertz CT molecular complexity index is 436. The summed E-state index contributed by atoms with van der Waals surface area (Å²) in [4.78, 5) is 3.78. The zero-order chi connectivity index (χ0) is 16.0. The van der Waals surface area contributed by atoms with E-state index in [4.69, 9.17) is 0 Å². The Hall–Kier alpha value is -1.26. The first kappa shape index (κ1) is 17.1. The molecule has 0 spiro atoms. The standard InChI is InChI=1S/C17H24F3NO/c1-2-3-4-5-13-6-8-14(9-7-13)15-10-11-16(21-12-15)22-17(18,19)20/h10-14H,2-9H2,1H3/t13-,14-. The number of hydrogen-bond donors (Lipinski definition) is 0. The summed E-state index contributed by atoms with van der Waals surface area (Å²) in [6.45, 7) is 2.22. The molecular formula is C17H24F3NO. The second-order valence-corrected chi connectivity index (χ2v) is 6.19. The smallest absolute Gasteiger partial charge is 0.388 e. The van der Waals surface area contributed by atoms with E-state index in [0.29, 0.717) is 5.92 Å². The van der Waals surface area contributed by atoms with Gasteiger partial charge in [0.2, 0.25) is 5.88 Å². The SMILES string of the molecule is CCCCC[C@H]1CC[C@H](c2ccc(OC(F)(F)F)nc2)CC1. The van der Waals surface area contributed by atoms with Crippen molar-refractivity contribution >= 4 is 0 Å². The topological polar surface area (TPSA) is 22.1 Å². The number of hydrogen-bond acceptors (Lipinski definition) is 2. The van der Waals surface area contributed by atoms with Crippen LogP contribution in [0.5, 0.6) is 5.88 Å². The molecule has 124 valence electrons. The van der Waals surface area contributed by atoms with Gasteiger partial charge in [0.1, 0.15) is 0 Å². The van der Waals surface area contributed by atoms with Gasteiger partial charge in [-0.1, -0.05) is 38.7 Å². The van der Waals surface area contributed by atoms with Crippen molar-refractivity contribution in [1.29, 1.82) is 0 Å². The molecule has 0 saturated heterocycles. The summed E-state index contributed by atoms with van der Waals surface area (Å²) in [5.74, 6) is 0.864. The molecule has 0 N–H and O–H groups in total. The molecule has 22 heavy (non-hydrogen) atoms. The lowest BCUT2D eigenvalue weighted by atomic mass is 9.77. The van der Waals surface area contributed by atoms with Crippen LogP contribution in [0.25, 0.3) is 0 Å². The van der Waals surface area contributed by atoms with Gasteiger partial charge in [0.15, 0.2) is 0 Å². The van der Waals surface area contributed by atoms with Gasteiger partial charge < -0.3 is 4.74 Å². The van der Waals surface area contributed by atoms with Gasteiger partial charge in [-0.2, -0.15) is 0 Å². The van der Waals surface area contributed by atoms with Gasteiger partial charge in [-0.25, -0.2) is 4.98 Å². The van der Waals surface area contributed by atoms with Crippen molar-refractivity contribution in [2.24, 2.45) is 5.92 Å². The Kier molecular flexibility index (Phi) is 6.09. The fraction of sp³-hybridized carbons (Fsp3) is 0.706. The van der Waals surface area contributed by atoms with Crippen LogP contribution >= 0.6 is 0 Å². The number of alkyl halides is 3. The van der Waals surface area contributed by atoms with E-state index in [9.17, 15) is 13.2 Å². The molecule has 0 radical (unpaired) electrons. The van der Waals surface area contributed by atoms with Crippen LogP contribution in [-0.2, 0) is 0 Å². The lowest BCUT2D eigenvalue weighted by Crippen LogP contribution is -2.18. The average molecular weight is 315 g/mol. The van der Waals surface area contributed by atoms with Gasteiger partial charge in [-0.05, 0) is 43.1 Å². The first-order chi connectivity index (χ1) is 10.5. The predicted molar refractivity (Wildman–Crippen MR) is 79.8 cm³/mol. The normalized spacial score (nSPS) is 22.5. The van der Waals surface area contributed by atoms with E-state index in [1.807, 2.05) is 0 Å². The monoisotopic (exact) mass is 315 g/mol. The molecule has 1 aliphatic rings. The largest absolute Gasteiger partial charge is 0.574 e. The zero-order valence-electron chi connectivity index (χ0n) is 13.0. The zero-order valence-corrected chi connectivity index (χ0v) is 13.0. The summed E-state index contributed by atoms with van der Waals surface area (Å²) in [5.41, 5.74) is 1.03. The molecule has 0 amide bonds. The Morgan fingerprint density at radius 3 is 2.41 bits per heavy atom. The third-order valence-corrected chi connectivity index (χ3v) is 4.51. The lowest BCUT2D eigenvalue weighted by Gasteiger charge is -2.28. The molecular weight excluding hydrogens is 291 g/mol. The maximum absolute atomic E-state index is 12.1. The molecule has 5 heteroatoms. The van der Waals surface area contributed by atoms with Gasteiger partial charge >= 0.3 is 6.36 Å². The Morgan fingerprint density at radius 2 is 1.86 bits per heavy atom. The van der Waals surface area contributed by atoms with E-state index in [-0.39, 0.29) is 5.88 Å². The minimum atomic E-state index is -4.68. The van der Waals surface area contributed by atoms with Crippen LogP contribution in [0.4, 0.5) is 13.2 Å². The minimum absolute atomic E-state index is 0.385. The van der Waals surface area contributed by atoms with Crippen molar-refractivity contribution in [2.45, 2.75) is 70.6 Å². The number of halogens is 3. The van der Waals surface area contributed by atoms with Crippen molar-refractivity contribution in [1.82, 2.24) is 4.98 Å². The molecule has 1 heterocycles. The van der Waals surface area contributed by atoms with Crippen LogP contribution in [0, 0.1) is 5.92 Å². The van der Waals surface area contributed by atoms with Crippen LogP contribution in [0.3, 0.4) is 0 Å². The van der Waals surface area contributed by atoms with Gasteiger partial charge in [0, 0.05) is 12.3 Å². The second-order valence-electron chi connectivity index (χ2n) is 6.19. The molecule has 1 saturated carbocycles. The molecule has 0 bridgehead atoms. The molecule has 0 unspecified atom stereocenters. The molecule has 1 aromatic rings. The van der Waals surface area contributed by atoms with Crippen molar-refractivity contribution in [3.05, 3.63) is 23.9 Å². The fourth-order valence-corrected chi connectivity index (χ4v) is 3.28. The van der Waals surface area contributed by atoms with E-state index in [1.54, 1.807) is 6.07 Å². The highest BCUT2D eigenvalue weighted by Gasteiger charge is 2.31. The van der Waals surface area contributed by atoms with Gasteiger partial charge in [-0.3, -0.25) is 0 Å². The van der Waals surface area contributed by atoms with Crippen LogP contribution in [0.1, 0.15) is 69.8 Å². The van der Waals surface area contributed by atoms with Crippen molar-refractivity contribution in [2.75, 3.05) is 0 Å². The summed E-state index contributed by atoms with van der Waals surface area (Å²) < 4.78 is 40.1. The van der Waals surface area contributed by atoms with Crippen molar-refractivity contribution in [3.8, 4) is 5.88 Å². The van der Waals surface area contributed by atoms with Gasteiger partial charge in [0.05, 0.1) is 0 Å². The number of ether oxygens (including phenoxy) is 1. The summed E-state index contributed by atoms with van der Waals surface area (Å²) >= 11 is 0. The summed E-state index contributed by atoms with van der Waals surface area (Å²) in [5, 5.41) is 0. The summed E-state index contributed by atoms with van der Waals surface area (Å²) in [6, 6.07) is 3.03. The Labute approximate surface area is 130 Å². The minimum Gasteiger partial charge on any atom is -0.388 e. The van der Waals surface area contributed by atoms with E-state index in [2.05, 4.69) is 16.6 Å². The third-order valence-electron chi connectivity index (χ3n) is 4.51. The van der Waals surface area contributed by atoms with E-state index in [0.717, 1.165) is 24.3 Å². The van der Waals surface area contributed by atoms with Gasteiger partial charge in [0.25, 0.3) is 0 Å². The molecule has 1 fully saturated rings. The van der Waals surface area contributed by atoms with Crippen molar-refractivity contribution < 1.29 is 17.9 Å². The molecule has 0 atom stereocenters. The molecule has 2 nitrogen and oxygen atoms in total. The summed E-state index contributed by atoms with van der Waals surface area (Å²) in [6.07, 6.45) is 6.71. The number of nitrogens with zero attached hydrogens (tertiary/aromatic N) is 1. The molecule has 1 aliphatic carbocycles. The maximum Gasteiger partial charge on any atom is 0.574 e. The molecule has 0 aromatic carbocycles. The quantitative estimate of drug-likeness (QED) is 0.616. The van der Waals surface area contributed by atoms with E-state index in [1.165, 1.54) is 50.8 Å². The predicted octanol–water partition coefficient (Wildman–Crippen LogP) is 5.83. The highest BCUT2D eigenvalue weighted by atomic mass is 19.4.